The number of anilines is 1. The number of likely N-dealkylation sites (tertiary alicyclic amines) is 1. The second kappa shape index (κ2) is 7.83. The molecule has 0 saturated carbocycles. The molecule has 1 fully saturated rings. The Morgan fingerprint density at radius 2 is 2.25 bits per heavy atom. The van der Waals surface area contributed by atoms with Crippen molar-refractivity contribution in [2.24, 2.45) is 5.92 Å². The molecular formula is C15H22N4O. The fourth-order valence-electron chi connectivity index (χ4n) is 2.45. The van der Waals surface area contributed by atoms with E-state index < -0.39 is 0 Å². The fraction of sp³-hybridized carbons (Fsp3) is 0.600. The summed E-state index contributed by atoms with van der Waals surface area (Å²) in [6.45, 7) is 5.11. The maximum atomic E-state index is 8.72. The third-order valence-corrected chi connectivity index (χ3v) is 3.78. The normalized spacial score (nSPS) is 16.8. The Morgan fingerprint density at radius 1 is 1.45 bits per heavy atom. The van der Waals surface area contributed by atoms with Crippen LogP contribution in [0.2, 0.25) is 0 Å². The van der Waals surface area contributed by atoms with Crippen LogP contribution in [0, 0.1) is 17.2 Å². The smallest absolute Gasteiger partial charge is 0.125 e. The van der Waals surface area contributed by atoms with E-state index in [-0.39, 0.29) is 0 Å². The first kappa shape index (κ1) is 14.8. The van der Waals surface area contributed by atoms with E-state index in [1.165, 1.54) is 12.8 Å². The summed E-state index contributed by atoms with van der Waals surface area (Å²) in [6, 6.07) is 5.74. The molecule has 1 saturated heterocycles. The number of nitrogens with zero attached hydrogens (tertiary/aromatic N) is 3. The maximum absolute atomic E-state index is 8.72. The molecule has 0 atom stereocenters. The number of aromatic nitrogens is 1. The van der Waals surface area contributed by atoms with Gasteiger partial charge in [0.25, 0.3) is 0 Å². The van der Waals surface area contributed by atoms with Crippen LogP contribution in [0.3, 0.4) is 0 Å². The second-order valence-corrected chi connectivity index (χ2v) is 5.20. The molecule has 5 heteroatoms. The first-order valence-corrected chi connectivity index (χ1v) is 7.13. The van der Waals surface area contributed by atoms with Gasteiger partial charge >= 0.3 is 0 Å². The minimum Gasteiger partial charge on any atom is -0.383 e. The van der Waals surface area contributed by atoms with Crippen molar-refractivity contribution in [3.8, 4) is 6.07 Å². The molecule has 0 aromatic carbocycles. The number of ether oxygens (including phenoxy) is 1. The number of nitrogens with one attached hydrogen (secondary N) is 1. The predicted molar refractivity (Wildman–Crippen MR) is 78.5 cm³/mol. The zero-order chi connectivity index (χ0) is 14.2. The second-order valence-electron chi connectivity index (χ2n) is 5.20. The fourth-order valence-corrected chi connectivity index (χ4v) is 2.45. The Bertz CT molecular complexity index is 432. The molecule has 1 aromatic rings. The van der Waals surface area contributed by atoms with E-state index in [1.807, 2.05) is 6.07 Å². The minimum absolute atomic E-state index is 0.599. The average Bonchev–Trinajstić information content (AvgIpc) is 2.52. The van der Waals surface area contributed by atoms with Crippen LogP contribution in [0.15, 0.2) is 18.3 Å². The van der Waals surface area contributed by atoms with Crippen molar-refractivity contribution in [3.05, 3.63) is 23.9 Å². The van der Waals surface area contributed by atoms with Crippen molar-refractivity contribution >= 4 is 5.82 Å². The molecule has 108 valence electrons. The highest BCUT2D eigenvalue weighted by Crippen LogP contribution is 2.17. The third kappa shape index (κ3) is 4.48. The van der Waals surface area contributed by atoms with E-state index in [0.29, 0.717) is 11.5 Å². The topological polar surface area (TPSA) is 61.2 Å². The highest BCUT2D eigenvalue weighted by atomic mass is 16.5. The van der Waals surface area contributed by atoms with E-state index in [0.717, 1.165) is 38.6 Å². The lowest BCUT2D eigenvalue weighted by Crippen LogP contribution is -2.37. The molecule has 0 aliphatic carbocycles. The quantitative estimate of drug-likeness (QED) is 0.856. The summed E-state index contributed by atoms with van der Waals surface area (Å²) in [5, 5.41) is 12.1. The van der Waals surface area contributed by atoms with Gasteiger partial charge in [0.2, 0.25) is 0 Å². The van der Waals surface area contributed by atoms with Crippen molar-refractivity contribution in [1.82, 2.24) is 9.88 Å². The lowest BCUT2D eigenvalue weighted by molar-refractivity contribution is 0.122. The SMILES string of the molecule is COCCN1CCC(CNc2ccc(C#N)cn2)CC1. The summed E-state index contributed by atoms with van der Waals surface area (Å²) >= 11 is 0. The lowest BCUT2D eigenvalue weighted by atomic mass is 9.97. The Hall–Kier alpha value is -1.64. The van der Waals surface area contributed by atoms with Crippen molar-refractivity contribution in [2.45, 2.75) is 12.8 Å². The zero-order valence-electron chi connectivity index (χ0n) is 12.0. The van der Waals surface area contributed by atoms with Gasteiger partial charge in [-0.05, 0) is 44.0 Å². The van der Waals surface area contributed by atoms with Gasteiger partial charge in [-0.25, -0.2) is 4.98 Å². The number of nitriles is 1. The van der Waals surface area contributed by atoms with Crippen LogP contribution in [-0.4, -0.2) is 49.8 Å². The van der Waals surface area contributed by atoms with Gasteiger partial charge in [-0.3, -0.25) is 0 Å². The van der Waals surface area contributed by atoms with E-state index in [2.05, 4.69) is 21.3 Å². The summed E-state index contributed by atoms with van der Waals surface area (Å²) in [6.07, 6.45) is 4.04. The summed E-state index contributed by atoms with van der Waals surface area (Å²) < 4.78 is 5.11. The zero-order valence-corrected chi connectivity index (χ0v) is 12.0. The number of hydrogen-bond donors (Lipinski definition) is 1. The molecule has 1 aliphatic heterocycles. The van der Waals surface area contributed by atoms with Crippen LogP contribution < -0.4 is 5.32 Å². The highest BCUT2D eigenvalue weighted by molar-refractivity contribution is 5.38. The van der Waals surface area contributed by atoms with Gasteiger partial charge in [-0.15, -0.1) is 0 Å². The molecule has 2 rings (SSSR count). The van der Waals surface area contributed by atoms with Gasteiger partial charge in [-0.1, -0.05) is 0 Å². The van der Waals surface area contributed by atoms with Gasteiger partial charge in [0.1, 0.15) is 11.9 Å². The number of piperidine rings is 1. The number of methoxy groups -OCH3 is 1. The van der Waals surface area contributed by atoms with Crippen molar-refractivity contribution in [2.75, 3.05) is 45.2 Å². The molecule has 0 amide bonds. The van der Waals surface area contributed by atoms with Crippen LogP contribution in [0.4, 0.5) is 5.82 Å². The number of pyridine rings is 1. The first-order chi connectivity index (χ1) is 9.81. The first-order valence-electron chi connectivity index (χ1n) is 7.13. The molecule has 0 unspecified atom stereocenters. The third-order valence-electron chi connectivity index (χ3n) is 3.78. The van der Waals surface area contributed by atoms with E-state index in [9.17, 15) is 0 Å². The van der Waals surface area contributed by atoms with Crippen LogP contribution >= 0.6 is 0 Å². The summed E-state index contributed by atoms with van der Waals surface area (Å²) in [5.74, 6) is 1.55. The average molecular weight is 274 g/mol. The minimum atomic E-state index is 0.599. The molecule has 2 heterocycles. The molecule has 1 aliphatic rings. The summed E-state index contributed by atoms with van der Waals surface area (Å²) in [4.78, 5) is 6.69. The van der Waals surface area contributed by atoms with Crippen molar-refractivity contribution in [1.29, 1.82) is 5.26 Å². The molecule has 1 aromatic heterocycles. The molecule has 5 nitrogen and oxygen atoms in total. The molecule has 0 bridgehead atoms. The van der Waals surface area contributed by atoms with Crippen LogP contribution in [0.5, 0.6) is 0 Å². The Kier molecular flexibility index (Phi) is 5.78. The maximum Gasteiger partial charge on any atom is 0.125 e. The highest BCUT2D eigenvalue weighted by Gasteiger charge is 2.18. The monoisotopic (exact) mass is 274 g/mol. The Morgan fingerprint density at radius 3 is 2.85 bits per heavy atom. The predicted octanol–water partition coefficient (Wildman–Crippen LogP) is 1.72. The summed E-state index contributed by atoms with van der Waals surface area (Å²) in [5.41, 5.74) is 0.599. The van der Waals surface area contributed by atoms with Crippen molar-refractivity contribution < 1.29 is 4.74 Å². The molecule has 0 spiro atoms. The number of rotatable bonds is 6. The molecular weight excluding hydrogens is 252 g/mol. The lowest BCUT2D eigenvalue weighted by Gasteiger charge is -2.31. The van der Waals surface area contributed by atoms with Gasteiger partial charge in [0.15, 0.2) is 0 Å². The van der Waals surface area contributed by atoms with Crippen LogP contribution in [-0.2, 0) is 4.74 Å². The Balaban J connectivity index is 1.69. The largest absolute Gasteiger partial charge is 0.383 e. The van der Waals surface area contributed by atoms with Gasteiger partial charge in [0, 0.05) is 26.4 Å². The van der Waals surface area contributed by atoms with Crippen LogP contribution in [0.1, 0.15) is 18.4 Å². The van der Waals surface area contributed by atoms with Gasteiger partial charge in [0.05, 0.1) is 12.2 Å². The van der Waals surface area contributed by atoms with E-state index in [4.69, 9.17) is 10.00 Å². The van der Waals surface area contributed by atoms with Gasteiger partial charge < -0.3 is 15.0 Å². The summed E-state index contributed by atoms with van der Waals surface area (Å²) in [7, 11) is 1.75. The molecule has 20 heavy (non-hydrogen) atoms. The van der Waals surface area contributed by atoms with Crippen molar-refractivity contribution in [3.63, 3.8) is 0 Å². The molecule has 0 radical (unpaired) electrons. The van der Waals surface area contributed by atoms with E-state index >= 15 is 0 Å². The standard InChI is InChI=1S/C15H22N4O/c1-20-9-8-19-6-4-13(5-7-19)11-17-15-3-2-14(10-16)12-18-15/h2-3,12-13H,4-9,11H2,1H3,(H,17,18). The van der Waals surface area contributed by atoms with E-state index in [1.54, 1.807) is 19.4 Å². The molecule has 1 N–H and O–H groups in total. The number of hydrogen-bond acceptors (Lipinski definition) is 5. The van der Waals surface area contributed by atoms with Gasteiger partial charge in [-0.2, -0.15) is 5.26 Å². The van der Waals surface area contributed by atoms with Crippen LogP contribution in [0.25, 0.3) is 0 Å². The Labute approximate surface area is 120 Å².